The maximum Gasteiger partial charge on any atom is 0.206 e. The third-order valence-electron chi connectivity index (χ3n) is 4.39. The molecule has 3 rings (SSSR count). The number of rotatable bonds is 4. The third kappa shape index (κ3) is 4.37. The first-order chi connectivity index (χ1) is 12.8. The zero-order valence-corrected chi connectivity index (χ0v) is 17.2. The van der Waals surface area contributed by atoms with Gasteiger partial charge in [0, 0.05) is 17.0 Å². The predicted molar refractivity (Wildman–Crippen MR) is 114 cm³/mol. The molecule has 0 aliphatic heterocycles. The van der Waals surface area contributed by atoms with E-state index in [4.69, 9.17) is 10.1 Å². The second kappa shape index (κ2) is 7.92. The fourth-order valence-electron chi connectivity index (χ4n) is 2.72. The molecule has 1 aromatic heterocycles. The number of hydrogen-bond acceptors (Lipinski definition) is 4. The van der Waals surface area contributed by atoms with Gasteiger partial charge in [-0.15, -0.1) is 11.3 Å². The van der Waals surface area contributed by atoms with E-state index >= 15 is 0 Å². The fraction of sp³-hybridized carbons (Fsp3) is 0.273. The number of nitrogens with zero attached hydrogens (tertiary/aromatic N) is 3. The van der Waals surface area contributed by atoms with Crippen LogP contribution >= 0.6 is 11.3 Å². The maximum atomic E-state index is 9.52. The highest BCUT2D eigenvalue weighted by atomic mass is 32.1. The quantitative estimate of drug-likeness (QED) is 0.628. The molecule has 0 aliphatic carbocycles. The first-order valence-corrected chi connectivity index (χ1v) is 9.90. The van der Waals surface area contributed by atoms with Crippen LogP contribution in [0, 0.1) is 13.8 Å². The minimum absolute atomic E-state index is 0.187. The molecule has 140 valence electrons. The van der Waals surface area contributed by atoms with E-state index in [2.05, 4.69) is 51.3 Å². The topological polar surface area (TPSA) is 49.9 Å². The number of phenolic OH excluding ortho intramolecular Hbond substituents is 1. The molecule has 1 N–H and O–H groups in total. The Kier molecular flexibility index (Phi) is 5.61. The average Bonchev–Trinajstić information content (AvgIpc) is 2.99. The van der Waals surface area contributed by atoms with Crippen molar-refractivity contribution in [3.05, 3.63) is 69.3 Å². The normalized spacial score (nSPS) is 12.8. The summed E-state index contributed by atoms with van der Waals surface area (Å²) in [6, 6.07) is 13.7. The first-order valence-electron chi connectivity index (χ1n) is 9.02. The summed E-state index contributed by atoms with van der Waals surface area (Å²) in [6.07, 6.45) is 0. The van der Waals surface area contributed by atoms with Crippen LogP contribution in [0.15, 0.2) is 57.9 Å². The molecule has 0 radical (unpaired) electrons. The molecule has 0 unspecified atom stereocenters. The van der Waals surface area contributed by atoms with Crippen molar-refractivity contribution >= 4 is 17.0 Å². The van der Waals surface area contributed by atoms with Gasteiger partial charge in [-0.25, -0.2) is 4.68 Å². The molecular formula is C22H25N3OS. The lowest BCUT2D eigenvalue weighted by Crippen LogP contribution is -2.16. The van der Waals surface area contributed by atoms with Crippen molar-refractivity contribution in [2.45, 2.75) is 40.7 Å². The lowest BCUT2D eigenvalue weighted by Gasteiger charge is -2.09. The average molecular weight is 380 g/mol. The van der Waals surface area contributed by atoms with Crippen LogP contribution in [0.3, 0.4) is 0 Å². The SMILES string of the molecule is CC(=Nn1c(-c2ccc(C)c(C)c2)csc1=NC(C)C)c1ccc(O)cc1. The van der Waals surface area contributed by atoms with Crippen LogP contribution in [-0.2, 0) is 0 Å². The van der Waals surface area contributed by atoms with Crippen molar-refractivity contribution in [3.63, 3.8) is 0 Å². The second-order valence-electron chi connectivity index (χ2n) is 6.97. The largest absolute Gasteiger partial charge is 0.508 e. The smallest absolute Gasteiger partial charge is 0.206 e. The molecular weight excluding hydrogens is 354 g/mol. The van der Waals surface area contributed by atoms with E-state index in [0.717, 1.165) is 27.3 Å². The number of aryl methyl sites for hydroxylation is 2. The molecule has 4 nitrogen and oxygen atoms in total. The van der Waals surface area contributed by atoms with Crippen LogP contribution < -0.4 is 4.80 Å². The molecule has 5 heteroatoms. The van der Waals surface area contributed by atoms with Crippen LogP contribution in [0.25, 0.3) is 11.3 Å². The van der Waals surface area contributed by atoms with Crippen LogP contribution in [0.5, 0.6) is 5.75 Å². The zero-order valence-electron chi connectivity index (χ0n) is 16.4. The van der Waals surface area contributed by atoms with Crippen LogP contribution in [0.2, 0.25) is 0 Å². The summed E-state index contributed by atoms with van der Waals surface area (Å²) in [4.78, 5) is 5.61. The minimum atomic E-state index is 0.187. The summed E-state index contributed by atoms with van der Waals surface area (Å²) < 4.78 is 1.93. The molecule has 0 spiro atoms. The molecule has 2 aromatic carbocycles. The summed E-state index contributed by atoms with van der Waals surface area (Å²) in [7, 11) is 0. The molecule has 0 amide bonds. The van der Waals surface area contributed by atoms with E-state index in [1.54, 1.807) is 23.5 Å². The van der Waals surface area contributed by atoms with Gasteiger partial charge in [0.25, 0.3) is 0 Å². The number of thiazole rings is 1. The van der Waals surface area contributed by atoms with E-state index in [0.29, 0.717) is 0 Å². The molecule has 27 heavy (non-hydrogen) atoms. The van der Waals surface area contributed by atoms with E-state index in [-0.39, 0.29) is 11.8 Å². The van der Waals surface area contributed by atoms with Crippen LogP contribution in [0.1, 0.15) is 37.5 Å². The van der Waals surface area contributed by atoms with Crippen molar-refractivity contribution in [3.8, 4) is 17.0 Å². The van der Waals surface area contributed by atoms with Crippen molar-refractivity contribution in [2.75, 3.05) is 0 Å². The number of hydrogen-bond donors (Lipinski definition) is 1. The summed E-state index contributed by atoms with van der Waals surface area (Å²) in [6.45, 7) is 10.3. The molecule has 0 aliphatic rings. The van der Waals surface area contributed by atoms with Gasteiger partial charge in [-0.3, -0.25) is 4.99 Å². The van der Waals surface area contributed by atoms with Crippen molar-refractivity contribution in [2.24, 2.45) is 10.1 Å². The van der Waals surface area contributed by atoms with Gasteiger partial charge in [-0.1, -0.05) is 12.1 Å². The summed E-state index contributed by atoms with van der Waals surface area (Å²) in [5.74, 6) is 0.251. The minimum Gasteiger partial charge on any atom is -0.508 e. The number of phenols is 1. The lowest BCUT2D eigenvalue weighted by molar-refractivity contribution is 0.475. The lowest BCUT2D eigenvalue weighted by atomic mass is 10.1. The highest BCUT2D eigenvalue weighted by molar-refractivity contribution is 7.07. The van der Waals surface area contributed by atoms with Crippen molar-refractivity contribution in [1.29, 1.82) is 0 Å². The Morgan fingerprint density at radius 1 is 1.04 bits per heavy atom. The molecule has 0 atom stereocenters. The Balaban J connectivity index is 2.16. The summed E-state index contributed by atoms with van der Waals surface area (Å²) >= 11 is 1.60. The molecule has 0 fully saturated rings. The molecule has 0 bridgehead atoms. The Hall–Kier alpha value is -2.66. The monoisotopic (exact) mass is 379 g/mol. The Bertz CT molecular complexity index is 1040. The number of benzene rings is 2. The van der Waals surface area contributed by atoms with Gasteiger partial charge in [-0.2, -0.15) is 5.10 Å². The van der Waals surface area contributed by atoms with Crippen LogP contribution in [-0.4, -0.2) is 21.5 Å². The first kappa shape index (κ1) is 19.1. The van der Waals surface area contributed by atoms with Gasteiger partial charge in [0.1, 0.15) is 5.75 Å². The third-order valence-corrected chi connectivity index (χ3v) is 5.22. The Morgan fingerprint density at radius 3 is 2.37 bits per heavy atom. The molecule has 0 saturated carbocycles. The van der Waals surface area contributed by atoms with Gasteiger partial charge in [0.05, 0.1) is 11.4 Å². The van der Waals surface area contributed by atoms with Crippen LogP contribution in [0.4, 0.5) is 0 Å². The summed E-state index contributed by atoms with van der Waals surface area (Å²) in [5, 5.41) is 16.5. The van der Waals surface area contributed by atoms with E-state index < -0.39 is 0 Å². The number of aromatic hydroxyl groups is 1. The van der Waals surface area contributed by atoms with Crippen molar-refractivity contribution in [1.82, 2.24) is 4.68 Å². The Labute approximate surface area is 164 Å². The highest BCUT2D eigenvalue weighted by Crippen LogP contribution is 2.23. The second-order valence-corrected chi connectivity index (χ2v) is 7.81. The molecule has 0 saturated heterocycles. The standard InChI is InChI=1S/C22H25N3OS/c1-14(2)23-22-25(24-17(5)18-8-10-20(26)11-9-18)21(13-27-22)19-7-6-15(3)16(4)12-19/h6-14,26H,1-5H3. The fourth-order valence-corrected chi connectivity index (χ4v) is 3.68. The van der Waals surface area contributed by atoms with Gasteiger partial charge in [0.15, 0.2) is 0 Å². The Morgan fingerprint density at radius 2 is 1.74 bits per heavy atom. The number of aromatic nitrogens is 1. The van der Waals surface area contributed by atoms with Gasteiger partial charge in [0.2, 0.25) is 4.80 Å². The zero-order chi connectivity index (χ0) is 19.6. The van der Waals surface area contributed by atoms with Gasteiger partial charge < -0.3 is 5.11 Å². The maximum absolute atomic E-state index is 9.52. The van der Waals surface area contributed by atoms with E-state index in [9.17, 15) is 5.11 Å². The van der Waals surface area contributed by atoms with E-state index in [1.165, 1.54) is 11.1 Å². The predicted octanol–water partition coefficient (Wildman–Crippen LogP) is 5.12. The summed E-state index contributed by atoms with van der Waals surface area (Å²) in [5.41, 5.74) is 6.52. The molecule has 3 aromatic rings. The molecule has 1 heterocycles. The van der Waals surface area contributed by atoms with Gasteiger partial charge >= 0.3 is 0 Å². The van der Waals surface area contributed by atoms with Crippen molar-refractivity contribution < 1.29 is 5.11 Å². The van der Waals surface area contributed by atoms with E-state index in [1.807, 2.05) is 23.7 Å². The van der Waals surface area contributed by atoms with Gasteiger partial charge in [-0.05, 0) is 81.6 Å². The highest BCUT2D eigenvalue weighted by Gasteiger charge is 2.10.